The maximum Gasteiger partial charge on any atom is 0.278 e. The summed E-state index contributed by atoms with van der Waals surface area (Å²) in [5, 5.41) is 10.8. The number of nitrogens with zero attached hydrogens (tertiary/aromatic N) is 5. The first-order chi connectivity index (χ1) is 11.1. The maximum atomic E-state index is 13.2. The van der Waals surface area contributed by atoms with Crippen molar-refractivity contribution < 1.29 is 9.18 Å². The van der Waals surface area contributed by atoms with Crippen LogP contribution in [0.4, 0.5) is 10.3 Å². The van der Waals surface area contributed by atoms with Crippen LogP contribution in [-0.2, 0) is 13.1 Å². The minimum atomic E-state index is -0.374. The highest BCUT2D eigenvalue weighted by Crippen LogP contribution is 2.07. The lowest BCUT2D eigenvalue weighted by Crippen LogP contribution is -2.14. The van der Waals surface area contributed by atoms with E-state index in [4.69, 9.17) is 0 Å². The third-order valence-corrected chi connectivity index (χ3v) is 3.19. The fraction of sp³-hybridized carbons (Fsp3) is 0.200. The molecule has 0 aliphatic carbocycles. The van der Waals surface area contributed by atoms with Gasteiger partial charge in [0.15, 0.2) is 5.69 Å². The number of carbonyl (C=O) groups excluding carboxylic acids is 1. The van der Waals surface area contributed by atoms with E-state index in [-0.39, 0.29) is 17.7 Å². The largest absolute Gasteiger partial charge is 0.288 e. The van der Waals surface area contributed by atoms with Crippen LogP contribution in [0.3, 0.4) is 0 Å². The standard InChI is InChI=1S/C15H15FN6O/c1-2-21-7-6-13(19-21)14(23)18-15-17-10-22(20-15)9-11-4-3-5-12(16)8-11/h3-8,10H,2,9H2,1H3,(H,18,20,23). The first-order valence-corrected chi connectivity index (χ1v) is 7.13. The summed E-state index contributed by atoms with van der Waals surface area (Å²) in [6.45, 7) is 2.99. The molecule has 0 saturated carbocycles. The molecular weight excluding hydrogens is 299 g/mol. The molecule has 7 nitrogen and oxygen atoms in total. The predicted octanol–water partition coefficient (Wildman–Crippen LogP) is 1.93. The van der Waals surface area contributed by atoms with E-state index in [0.717, 1.165) is 5.56 Å². The Kier molecular flexibility index (Phi) is 4.13. The van der Waals surface area contributed by atoms with Gasteiger partial charge in [0.1, 0.15) is 12.1 Å². The second-order valence-electron chi connectivity index (χ2n) is 4.91. The number of aryl methyl sites for hydroxylation is 1. The molecule has 0 fully saturated rings. The SMILES string of the molecule is CCn1ccc(C(=O)Nc2ncn(Cc3cccc(F)c3)n2)n1. The fourth-order valence-electron chi connectivity index (χ4n) is 2.07. The summed E-state index contributed by atoms with van der Waals surface area (Å²) in [4.78, 5) is 16.0. The van der Waals surface area contributed by atoms with Crippen LogP contribution in [0.5, 0.6) is 0 Å². The van der Waals surface area contributed by atoms with Gasteiger partial charge in [0, 0.05) is 12.7 Å². The molecule has 2 aromatic heterocycles. The summed E-state index contributed by atoms with van der Waals surface area (Å²) in [5.74, 6) is -0.499. The van der Waals surface area contributed by atoms with Crippen molar-refractivity contribution in [1.82, 2.24) is 24.5 Å². The van der Waals surface area contributed by atoms with Crippen molar-refractivity contribution in [3.63, 3.8) is 0 Å². The molecule has 23 heavy (non-hydrogen) atoms. The minimum absolute atomic E-state index is 0.178. The molecule has 3 rings (SSSR count). The highest BCUT2D eigenvalue weighted by atomic mass is 19.1. The van der Waals surface area contributed by atoms with Crippen LogP contribution in [0, 0.1) is 5.82 Å². The number of rotatable bonds is 5. The third-order valence-electron chi connectivity index (χ3n) is 3.19. The number of carbonyl (C=O) groups is 1. The van der Waals surface area contributed by atoms with Crippen molar-refractivity contribution in [3.05, 3.63) is 59.9 Å². The molecular formula is C15H15FN6O. The Labute approximate surface area is 131 Å². The number of nitrogens with one attached hydrogen (secondary N) is 1. The molecule has 3 aromatic rings. The molecule has 1 N–H and O–H groups in total. The predicted molar refractivity (Wildman–Crippen MR) is 81.4 cm³/mol. The summed E-state index contributed by atoms with van der Waals surface area (Å²) in [6.07, 6.45) is 3.20. The first kappa shape index (κ1) is 14.9. The molecule has 8 heteroatoms. The maximum absolute atomic E-state index is 13.2. The van der Waals surface area contributed by atoms with E-state index in [2.05, 4.69) is 20.5 Å². The van der Waals surface area contributed by atoms with Crippen LogP contribution in [0.15, 0.2) is 42.9 Å². The van der Waals surface area contributed by atoms with Gasteiger partial charge in [-0.3, -0.25) is 14.8 Å². The summed E-state index contributed by atoms with van der Waals surface area (Å²) in [5.41, 5.74) is 1.06. The minimum Gasteiger partial charge on any atom is -0.288 e. The zero-order valence-electron chi connectivity index (χ0n) is 12.5. The number of hydrogen-bond donors (Lipinski definition) is 1. The summed E-state index contributed by atoms with van der Waals surface area (Å²) < 4.78 is 16.3. The Bertz CT molecular complexity index is 825. The highest BCUT2D eigenvalue weighted by Gasteiger charge is 2.12. The van der Waals surface area contributed by atoms with Gasteiger partial charge in [-0.05, 0) is 30.7 Å². The van der Waals surface area contributed by atoms with Gasteiger partial charge in [0.05, 0.1) is 6.54 Å². The van der Waals surface area contributed by atoms with Crippen LogP contribution in [0.25, 0.3) is 0 Å². The lowest BCUT2D eigenvalue weighted by atomic mass is 10.2. The van der Waals surface area contributed by atoms with Gasteiger partial charge in [0.25, 0.3) is 5.91 Å². The van der Waals surface area contributed by atoms with Gasteiger partial charge in [-0.15, -0.1) is 5.10 Å². The van der Waals surface area contributed by atoms with Crippen LogP contribution >= 0.6 is 0 Å². The summed E-state index contributed by atoms with van der Waals surface area (Å²) in [6, 6.07) is 7.86. The van der Waals surface area contributed by atoms with E-state index in [1.54, 1.807) is 29.1 Å². The van der Waals surface area contributed by atoms with E-state index in [1.165, 1.54) is 23.1 Å². The second kappa shape index (κ2) is 6.39. The van der Waals surface area contributed by atoms with E-state index < -0.39 is 0 Å². The van der Waals surface area contributed by atoms with Crippen LogP contribution in [-0.4, -0.2) is 30.5 Å². The van der Waals surface area contributed by atoms with Gasteiger partial charge < -0.3 is 0 Å². The van der Waals surface area contributed by atoms with Crippen molar-refractivity contribution in [2.45, 2.75) is 20.0 Å². The number of halogens is 1. The quantitative estimate of drug-likeness (QED) is 0.780. The average Bonchev–Trinajstić information content (AvgIpc) is 3.16. The lowest BCUT2D eigenvalue weighted by Gasteiger charge is -2.01. The van der Waals surface area contributed by atoms with Crippen LogP contribution in [0.2, 0.25) is 0 Å². The molecule has 2 heterocycles. The molecule has 1 aromatic carbocycles. The van der Waals surface area contributed by atoms with Crippen LogP contribution < -0.4 is 5.32 Å². The Hall–Kier alpha value is -3.03. The smallest absolute Gasteiger partial charge is 0.278 e. The van der Waals surface area contributed by atoms with E-state index in [1.807, 2.05) is 6.92 Å². The summed E-state index contributed by atoms with van der Waals surface area (Å²) in [7, 11) is 0. The van der Waals surface area contributed by atoms with Gasteiger partial charge in [-0.25, -0.2) is 14.1 Å². The molecule has 1 amide bonds. The lowest BCUT2D eigenvalue weighted by molar-refractivity contribution is 0.102. The molecule has 0 radical (unpaired) electrons. The van der Waals surface area contributed by atoms with Crippen molar-refractivity contribution in [2.75, 3.05) is 5.32 Å². The number of anilines is 1. The number of benzene rings is 1. The third kappa shape index (κ3) is 3.60. The zero-order chi connectivity index (χ0) is 16.2. The molecule has 0 saturated heterocycles. The monoisotopic (exact) mass is 314 g/mol. The molecule has 0 aliphatic rings. The summed E-state index contributed by atoms with van der Waals surface area (Å²) >= 11 is 0. The Morgan fingerprint density at radius 3 is 2.87 bits per heavy atom. The van der Waals surface area contributed by atoms with E-state index in [9.17, 15) is 9.18 Å². The number of hydrogen-bond acceptors (Lipinski definition) is 4. The normalized spacial score (nSPS) is 10.7. The molecule has 0 aliphatic heterocycles. The van der Waals surface area contributed by atoms with Gasteiger partial charge >= 0.3 is 0 Å². The van der Waals surface area contributed by atoms with Crippen molar-refractivity contribution in [2.24, 2.45) is 0 Å². The van der Waals surface area contributed by atoms with E-state index in [0.29, 0.717) is 18.8 Å². The van der Waals surface area contributed by atoms with Gasteiger partial charge in [-0.2, -0.15) is 5.10 Å². The van der Waals surface area contributed by atoms with Gasteiger partial charge in [0.2, 0.25) is 5.95 Å². The zero-order valence-corrected chi connectivity index (χ0v) is 12.5. The molecule has 0 bridgehead atoms. The fourth-order valence-corrected chi connectivity index (χ4v) is 2.07. The van der Waals surface area contributed by atoms with E-state index >= 15 is 0 Å². The topological polar surface area (TPSA) is 77.6 Å². The van der Waals surface area contributed by atoms with Crippen LogP contribution in [0.1, 0.15) is 23.0 Å². The van der Waals surface area contributed by atoms with Crippen molar-refractivity contribution in [3.8, 4) is 0 Å². The van der Waals surface area contributed by atoms with Crippen molar-refractivity contribution in [1.29, 1.82) is 0 Å². The Balaban J connectivity index is 1.66. The number of amides is 1. The average molecular weight is 314 g/mol. The Morgan fingerprint density at radius 2 is 2.13 bits per heavy atom. The van der Waals surface area contributed by atoms with Crippen molar-refractivity contribution >= 4 is 11.9 Å². The second-order valence-corrected chi connectivity index (χ2v) is 4.91. The molecule has 0 spiro atoms. The highest BCUT2D eigenvalue weighted by molar-refractivity contribution is 6.01. The molecule has 0 atom stereocenters. The van der Waals surface area contributed by atoms with Gasteiger partial charge in [-0.1, -0.05) is 12.1 Å². The Morgan fingerprint density at radius 1 is 1.26 bits per heavy atom. The molecule has 0 unspecified atom stereocenters. The number of aromatic nitrogens is 5. The first-order valence-electron chi connectivity index (χ1n) is 7.13. The molecule has 118 valence electrons.